The second-order valence-electron chi connectivity index (χ2n) is 5.96. The van der Waals surface area contributed by atoms with E-state index in [2.05, 4.69) is 17.0 Å². The van der Waals surface area contributed by atoms with Gasteiger partial charge in [-0.25, -0.2) is 4.79 Å². The van der Waals surface area contributed by atoms with Crippen LogP contribution in [-0.4, -0.2) is 74.7 Å². The monoisotopic (exact) mass is 305 g/mol. The molecule has 0 saturated carbocycles. The van der Waals surface area contributed by atoms with Crippen molar-refractivity contribution in [2.24, 2.45) is 0 Å². The number of benzene rings is 1. The molecule has 122 valence electrons. The van der Waals surface area contributed by atoms with Crippen LogP contribution in [0.1, 0.15) is 12.0 Å². The Balaban J connectivity index is 1.67. The number of aryl methyl sites for hydroxylation is 1. The van der Waals surface area contributed by atoms with Crippen molar-refractivity contribution in [1.29, 1.82) is 0 Å². The summed E-state index contributed by atoms with van der Waals surface area (Å²) in [4.78, 5) is 17.9. The fourth-order valence-corrected chi connectivity index (χ4v) is 2.74. The topological polar surface area (TPSA) is 36.0 Å². The van der Waals surface area contributed by atoms with E-state index in [0.717, 1.165) is 51.3 Å². The maximum atomic E-state index is 11.9. The minimum absolute atomic E-state index is 0.123. The van der Waals surface area contributed by atoms with Crippen LogP contribution in [0.2, 0.25) is 0 Å². The Kier molecular flexibility index (Phi) is 6.07. The van der Waals surface area contributed by atoms with Crippen LogP contribution in [-0.2, 0) is 6.42 Å². The number of urea groups is 1. The van der Waals surface area contributed by atoms with E-state index in [0.29, 0.717) is 0 Å². The van der Waals surface area contributed by atoms with Crippen LogP contribution < -0.4 is 4.74 Å². The van der Waals surface area contributed by atoms with E-state index in [1.165, 1.54) is 5.56 Å². The largest absolute Gasteiger partial charge is 0.497 e. The summed E-state index contributed by atoms with van der Waals surface area (Å²) in [7, 11) is 5.31. The molecule has 2 amide bonds. The number of carbonyl (C=O) groups excluding carboxylic acids is 1. The summed E-state index contributed by atoms with van der Waals surface area (Å²) in [6.45, 7) is 4.71. The molecule has 1 aromatic carbocycles. The highest BCUT2D eigenvalue weighted by molar-refractivity contribution is 5.73. The Morgan fingerprint density at radius 3 is 2.32 bits per heavy atom. The van der Waals surface area contributed by atoms with Crippen LogP contribution in [0.3, 0.4) is 0 Å². The van der Waals surface area contributed by atoms with Gasteiger partial charge < -0.3 is 14.5 Å². The molecule has 1 fully saturated rings. The van der Waals surface area contributed by atoms with E-state index in [9.17, 15) is 4.79 Å². The Labute approximate surface area is 133 Å². The Bertz CT molecular complexity index is 465. The smallest absolute Gasteiger partial charge is 0.319 e. The van der Waals surface area contributed by atoms with Gasteiger partial charge in [-0.2, -0.15) is 0 Å². The van der Waals surface area contributed by atoms with Gasteiger partial charge in [0, 0.05) is 40.3 Å². The van der Waals surface area contributed by atoms with Crippen LogP contribution >= 0.6 is 0 Å². The third kappa shape index (κ3) is 4.63. The molecule has 0 aromatic heterocycles. The third-order valence-electron chi connectivity index (χ3n) is 4.12. The second kappa shape index (κ2) is 8.03. The summed E-state index contributed by atoms with van der Waals surface area (Å²) in [5.74, 6) is 0.908. The molecule has 5 nitrogen and oxygen atoms in total. The average Bonchev–Trinajstić information content (AvgIpc) is 2.55. The molecule has 1 heterocycles. The van der Waals surface area contributed by atoms with E-state index in [1.807, 2.05) is 31.1 Å². The molecule has 1 aliphatic heterocycles. The van der Waals surface area contributed by atoms with Crippen molar-refractivity contribution < 1.29 is 9.53 Å². The van der Waals surface area contributed by atoms with Crippen molar-refractivity contribution >= 4 is 6.03 Å². The SMILES string of the molecule is COc1ccc(CCCN2CCN(C(=O)N(C)C)CC2)cc1. The lowest BCUT2D eigenvalue weighted by atomic mass is 10.1. The highest BCUT2D eigenvalue weighted by Gasteiger charge is 2.21. The van der Waals surface area contributed by atoms with Crippen molar-refractivity contribution in [3.8, 4) is 5.75 Å². The van der Waals surface area contributed by atoms with E-state index < -0.39 is 0 Å². The van der Waals surface area contributed by atoms with Gasteiger partial charge in [0.1, 0.15) is 5.75 Å². The zero-order chi connectivity index (χ0) is 15.9. The Hall–Kier alpha value is -1.75. The minimum atomic E-state index is 0.123. The van der Waals surface area contributed by atoms with Gasteiger partial charge in [-0.1, -0.05) is 12.1 Å². The number of hydrogen-bond donors (Lipinski definition) is 0. The molecule has 22 heavy (non-hydrogen) atoms. The van der Waals surface area contributed by atoms with Crippen molar-refractivity contribution in [3.63, 3.8) is 0 Å². The predicted octanol–water partition coefficient (Wildman–Crippen LogP) is 1.93. The lowest BCUT2D eigenvalue weighted by Crippen LogP contribution is -2.51. The first-order valence-electron chi connectivity index (χ1n) is 7.91. The summed E-state index contributed by atoms with van der Waals surface area (Å²) < 4.78 is 5.17. The first kappa shape index (κ1) is 16.6. The number of rotatable bonds is 5. The molecular formula is C17H27N3O2. The van der Waals surface area contributed by atoms with E-state index >= 15 is 0 Å². The van der Waals surface area contributed by atoms with Crippen molar-refractivity contribution in [3.05, 3.63) is 29.8 Å². The summed E-state index contributed by atoms with van der Waals surface area (Å²) >= 11 is 0. The molecule has 0 unspecified atom stereocenters. The fraction of sp³-hybridized carbons (Fsp3) is 0.588. The number of carbonyl (C=O) groups is 1. The third-order valence-corrected chi connectivity index (χ3v) is 4.12. The molecule has 2 rings (SSSR count). The zero-order valence-corrected chi connectivity index (χ0v) is 13.9. The molecule has 0 aliphatic carbocycles. The molecule has 5 heteroatoms. The molecule has 0 N–H and O–H groups in total. The molecule has 0 radical (unpaired) electrons. The summed E-state index contributed by atoms with van der Waals surface area (Å²) in [5.41, 5.74) is 1.35. The standard InChI is InChI=1S/C17H27N3O2/c1-18(2)17(21)20-13-11-19(12-14-20)10-4-5-15-6-8-16(22-3)9-7-15/h6-9H,4-5,10-14H2,1-3H3. The van der Waals surface area contributed by atoms with Gasteiger partial charge in [-0.05, 0) is 37.1 Å². The van der Waals surface area contributed by atoms with Gasteiger partial charge in [-0.15, -0.1) is 0 Å². The first-order valence-corrected chi connectivity index (χ1v) is 7.91. The van der Waals surface area contributed by atoms with Gasteiger partial charge >= 0.3 is 6.03 Å². The number of nitrogens with zero attached hydrogens (tertiary/aromatic N) is 3. The molecule has 1 aromatic rings. The normalized spacial score (nSPS) is 15.7. The van der Waals surface area contributed by atoms with Gasteiger partial charge in [-0.3, -0.25) is 4.90 Å². The molecule has 0 atom stereocenters. The summed E-state index contributed by atoms with van der Waals surface area (Å²) in [6, 6.07) is 8.42. The number of piperazine rings is 1. The number of amides is 2. The Morgan fingerprint density at radius 1 is 1.14 bits per heavy atom. The van der Waals surface area contributed by atoms with Gasteiger partial charge in [0.2, 0.25) is 0 Å². The number of ether oxygens (including phenoxy) is 1. The van der Waals surface area contributed by atoms with Crippen molar-refractivity contribution in [2.75, 3.05) is 53.9 Å². The molecule has 1 saturated heterocycles. The van der Waals surface area contributed by atoms with Crippen molar-refractivity contribution in [1.82, 2.24) is 14.7 Å². The van der Waals surface area contributed by atoms with Crippen LogP contribution in [0.4, 0.5) is 4.79 Å². The maximum Gasteiger partial charge on any atom is 0.319 e. The fourth-order valence-electron chi connectivity index (χ4n) is 2.74. The summed E-state index contributed by atoms with van der Waals surface area (Å²) in [5, 5.41) is 0. The van der Waals surface area contributed by atoms with Gasteiger partial charge in [0.05, 0.1) is 7.11 Å². The van der Waals surface area contributed by atoms with Crippen LogP contribution in [0.25, 0.3) is 0 Å². The lowest BCUT2D eigenvalue weighted by Gasteiger charge is -2.35. The average molecular weight is 305 g/mol. The highest BCUT2D eigenvalue weighted by Crippen LogP contribution is 2.13. The van der Waals surface area contributed by atoms with E-state index in [-0.39, 0.29) is 6.03 Å². The maximum absolute atomic E-state index is 11.9. The summed E-state index contributed by atoms with van der Waals surface area (Å²) in [6.07, 6.45) is 2.23. The lowest BCUT2D eigenvalue weighted by molar-refractivity contribution is 0.122. The molecule has 1 aliphatic rings. The molecule has 0 bridgehead atoms. The van der Waals surface area contributed by atoms with Gasteiger partial charge in [0.15, 0.2) is 0 Å². The Morgan fingerprint density at radius 2 is 1.77 bits per heavy atom. The highest BCUT2D eigenvalue weighted by atomic mass is 16.5. The predicted molar refractivity (Wildman–Crippen MR) is 88.4 cm³/mol. The van der Waals surface area contributed by atoms with Crippen LogP contribution in [0, 0.1) is 0 Å². The second-order valence-corrected chi connectivity index (χ2v) is 5.96. The number of methoxy groups -OCH3 is 1. The molecular weight excluding hydrogens is 278 g/mol. The quantitative estimate of drug-likeness (QED) is 0.834. The van der Waals surface area contributed by atoms with Crippen LogP contribution in [0.5, 0.6) is 5.75 Å². The van der Waals surface area contributed by atoms with Gasteiger partial charge in [0.25, 0.3) is 0 Å². The number of hydrogen-bond acceptors (Lipinski definition) is 3. The first-order chi connectivity index (χ1) is 10.6. The zero-order valence-electron chi connectivity index (χ0n) is 13.9. The van der Waals surface area contributed by atoms with E-state index in [4.69, 9.17) is 4.74 Å². The van der Waals surface area contributed by atoms with Crippen molar-refractivity contribution in [2.45, 2.75) is 12.8 Å². The minimum Gasteiger partial charge on any atom is -0.497 e. The van der Waals surface area contributed by atoms with E-state index in [1.54, 1.807) is 12.0 Å². The van der Waals surface area contributed by atoms with Crippen LogP contribution in [0.15, 0.2) is 24.3 Å². The molecule has 0 spiro atoms.